The molecule has 1 saturated heterocycles. The molecule has 1 aliphatic heterocycles. The van der Waals surface area contributed by atoms with Crippen molar-refractivity contribution in [2.45, 2.75) is 44.6 Å². The summed E-state index contributed by atoms with van der Waals surface area (Å²) in [6.45, 7) is 3.24. The Hall–Kier alpha value is -1.70. The average molecular weight is 489 g/mol. The minimum atomic E-state index is -0.720. The summed E-state index contributed by atoms with van der Waals surface area (Å²) in [5, 5.41) is 27.0. The highest BCUT2D eigenvalue weighted by atomic mass is 35.5. The van der Waals surface area contributed by atoms with Gasteiger partial charge in [-0.25, -0.2) is 0 Å². The van der Waals surface area contributed by atoms with E-state index >= 15 is 0 Å². The number of halogens is 1. The Balaban J connectivity index is 1.35. The summed E-state index contributed by atoms with van der Waals surface area (Å²) in [6, 6.07) is 7.82. The Labute approximate surface area is 205 Å². The molecule has 3 aromatic rings. The molecular weight excluding hydrogens is 456 g/mol. The van der Waals surface area contributed by atoms with Gasteiger partial charge in [-0.1, -0.05) is 11.6 Å². The lowest BCUT2D eigenvalue weighted by molar-refractivity contribution is 0.0234. The van der Waals surface area contributed by atoms with Crippen LogP contribution in [0.1, 0.15) is 49.3 Å². The van der Waals surface area contributed by atoms with Crippen molar-refractivity contribution >= 4 is 33.8 Å². The summed E-state index contributed by atoms with van der Waals surface area (Å²) in [4.78, 5) is 6.89. The van der Waals surface area contributed by atoms with Crippen molar-refractivity contribution in [1.82, 2.24) is 9.88 Å². The molecule has 1 aliphatic rings. The Morgan fingerprint density at radius 1 is 1.27 bits per heavy atom. The van der Waals surface area contributed by atoms with E-state index in [2.05, 4.69) is 26.7 Å². The summed E-state index contributed by atoms with van der Waals surface area (Å²) < 4.78 is 5.35. The molecule has 1 aromatic carbocycles. The number of piperidine rings is 1. The maximum Gasteiger partial charge on any atom is 0.119 e. The van der Waals surface area contributed by atoms with E-state index in [0.717, 1.165) is 56.2 Å². The van der Waals surface area contributed by atoms with Crippen LogP contribution >= 0.6 is 22.9 Å². The van der Waals surface area contributed by atoms with E-state index in [-0.39, 0.29) is 12.0 Å². The first-order valence-corrected chi connectivity index (χ1v) is 13.0. The van der Waals surface area contributed by atoms with Crippen molar-refractivity contribution in [1.29, 1.82) is 0 Å². The molecule has 0 unspecified atom stereocenters. The SMILES string of the molecule is COc1ccc2ncc(Cl)c([C@H](O)CCC3(CO)CCN(CCCc4ccsc4)CC3)c2c1. The number of fused-ring (bicyclic) bond motifs is 1. The first kappa shape index (κ1) is 24.4. The van der Waals surface area contributed by atoms with Crippen LogP contribution in [-0.4, -0.2) is 53.4 Å². The molecular formula is C26H33ClN2O3S. The lowest BCUT2D eigenvalue weighted by Gasteiger charge is -2.41. The number of aromatic nitrogens is 1. The molecule has 3 heterocycles. The van der Waals surface area contributed by atoms with E-state index in [1.165, 1.54) is 12.0 Å². The monoisotopic (exact) mass is 488 g/mol. The number of aryl methyl sites for hydroxylation is 1. The van der Waals surface area contributed by atoms with E-state index in [0.29, 0.717) is 22.8 Å². The topological polar surface area (TPSA) is 65.8 Å². The van der Waals surface area contributed by atoms with Crippen molar-refractivity contribution in [3.63, 3.8) is 0 Å². The number of thiophene rings is 1. The van der Waals surface area contributed by atoms with Gasteiger partial charge in [0.05, 0.1) is 23.8 Å². The third kappa shape index (κ3) is 5.87. The first-order valence-electron chi connectivity index (χ1n) is 11.7. The molecule has 0 radical (unpaired) electrons. The predicted octanol–water partition coefficient (Wildman–Crippen LogP) is 5.48. The van der Waals surface area contributed by atoms with Crippen LogP contribution in [0, 0.1) is 5.41 Å². The van der Waals surface area contributed by atoms with Crippen LogP contribution in [0.15, 0.2) is 41.2 Å². The average Bonchev–Trinajstić information content (AvgIpc) is 3.36. The lowest BCUT2D eigenvalue weighted by atomic mass is 9.74. The van der Waals surface area contributed by atoms with Crippen LogP contribution < -0.4 is 4.74 Å². The number of ether oxygens (including phenoxy) is 1. The molecule has 33 heavy (non-hydrogen) atoms. The zero-order valence-corrected chi connectivity index (χ0v) is 20.7. The molecule has 2 aromatic heterocycles. The van der Waals surface area contributed by atoms with Crippen LogP contribution in [-0.2, 0) is 6.42 Å². The van der Waals surface area contributed by atoms with Gasteiger partial charge in [-0.2, -0.15) is 11.3 Å². The lowest BCUT2D eigenvalue weighted by Crippen LogP contribution is -2.42. The van der Waals surface area contributed by atoms with Gasteiger partial charge in [0.25, 0.3) is 0 Å². The highest BCUT2D eigenvalue weighted by Crippen LogP contribution is 2.40. The van der Waals surface area contributed by atoms with Gasteiger partial charge in [-0.3, -0.25) is 4.98 Å². The fourth-order valence-electron chi connectivity index (χ4n) is 4.90. The maximum atomic E-state index is 11.1. The predicted molar refractivity (Wildman–Crippen MR) is 135 cm³/mol. The fourth-order valence-corrected chi connectivity index (χ4v) is 5.88. The second-order valence-electron chi connectivity index (χ2n) is 9.19. The Kier molecular flexibility index (Phi) is 8.25. The first-order chi connectivity index (χ1) is 16.0. The zero-order valence-electron chi connectivity index (χ0n) is 19.2. The Morgan fingerprint density at radius 2 is 2.09 bits per heavy atom. The smallest absolute Gasteiger partial charge is 0.119 e. The highest BCUT2D eigenvalue weighted by molar-refractivity contribution is 7.07. The normalized spacial score (nSPS) is 17.3. The molecule has 1 atom stereocenters. The molecule has 0 saturated carbocycles. The second kappa shape index (κ2) is 11.2. The number of pyridine rings is 1. The van der Waals surface area contributed by atoms with Crippen LogP contribution in [0.4, 0.5) is 0 Å². The Morgan fingerprint density at radius 3 is 2.79 bits per heavy atom. The summed E-state index contributed by atoms with van der Waals surface area (Å²) in [7, 11) is 1.62. The van der Waals surface area contributed by atoms with Gasteiger partial charge in [-0.05, 0) is 104 Å². The number of benzene rings is 1. The van der Waals surface area contributed by atoms with Crippen LogP contribution in [0.3, 0.4) is 0 Å². The summed E-state index contributed by atoms with van der Waals surface area (Å²) >= 11 is 8.23. The summed E-state index contributed by atoms with van der Waals surface area (Å²) in [5.41, 5.74) is 2.76. The minimum absolute atomic E-state index is 0.141. The van der Waals surface area contributed by atoms with Crippen LogP contribution in [0.5, 0.6) is 5.75 Å². The van der Waals surface area contributed by atoms with E-state index < -0.39 is 6.10 Å². The van der Waals surface area contributed by atoms with Crippen molar-refractivity contribution < 1.29 is 14.9 Å². The zero-order chi connectivity index (χ0) is 23.3. The number of methoxy groups -OCH3 is 1. The van der Waals surface area contributed by atoms with Gasteiger partial charge in [0.1, 0.15) is 5.75 Å². The van der Waals surface area contributed by atoms with E-state index in [1.54, 1.807) is 24.6 Å². The van der Waals surface area contributed by atoms with E-state index in [1.807, 2.05) is 18.2 Å². The van der Waals surface area contributed by atoms with Crippen molar-refractivity contribution in [2.24, 2.45) is 5.41 Å². The van der Waals surface area contributed by atoms with Gasteiger partial charge in [-0.15, -0.1) is 0 Å². The van der Waals surface area contributed by atoms with E-state index in [9.17, 15) is 10.2 Å². The van der Waals surface area contributed by atoms with Crippen molar-refractivity contribution in [3.05, 3.63) is 57.4 Å². The molecule has 1 fully saturated rings. The number of aliphatic hydroxyl groups excluding tert-OH is 2. The van der Waals surface area contributed by atoms with Crippen molar-refractivity contribution in [2.75, 3.05) is 33.4 Å². The third-order valence-electron chi connectivity index (χ3n) is 7.12. The van der Waals surface area contributed by atoms with Gasteiger partial charge in [0, 0.05) is 23.8 Å². The molecule has 0 spiro atoms. The highest BCUT2D eigenvalue weighted by Gasteiger charge is 2.34. The fraction of sp³-hybridized carbons (Fsp3) is 0.500. The molecule has 4 rings (SSSR count). The van der Waals surface area contributed by atoms with E-state index in [4.69, 9.17) is 16.3 Å². The number of aliphatic hydroxyl groups is 2. The molecule has 7 heteroatoms. The molecule has 2 N–H and O–H groups in total. The van der Waals surface area contributed by atoms with Gasteiger partial charge in [0.2, 0.25) is 0 Å². The molecule has 5 nitrogen and oxygen atoms in total. The largest absolute Gasteiger partial charge is 0.497 e. The number of hydrogen-bond acceptors (Lipinski definition) is 6. The van der Waals surface area contributed by atoms with Crippen LogP contribution in [0.25, 0.3) is 10.9 Å². The van der Waals surface area contributed by atoms with Crippen LogP contribution in [0.2, 0.25) is 5.02 Å². The van der Waals surface area contributed by atoms with Gasteiger partial charge in [0.15, 0.2) is 0 Å². The van der Waals surface area contributed by atoms with Gasteiger partial charge >= 0.3 is 0 Å². The standard InChI is InChI=1S/C26H33ClN2O3S/c1-32-20-4-5-23-21(15-20)25(22(27)16-28-23)24(31)6-8-26(18-30)9-12-29(13-10-26)11-2-3-19-7-14-33-17-19/h4-5,7,14-17,24,30-31H,2-3,6,8-13,18H2,1H3/t24-/m1/s1. The number of rotatable bonds is 10. The second-order valence-corrected chi connectivity index (χ2v) is 10.4. The molecule has 0 aliphatic carbocycles. The third-order valence-corrected chi connectivity index (χ3v) is 8.15. The van der Waals surface area contributed by atoms with Crippen molar-refractivity contribution in [3.8, 4) is 5.75 Å². The molecule has 0 amide bonds. The summed E-state index contributed by atoms with van der Waals surface area (Å²) in [6.07, 6.45) is 6.39. The quantitative estimate of drug-likeness (QED) is 0.395. The number of nitrogens with zero attached hydrogens (tertiary/aromatic N) is 2. The number of hydrogen-bond donors (Lipinski definition) is 2. The Bertz CT molecular complexity index is 1040. The van der Waals surface area contributed by atoms with Gasteiger partial charge < -0.3 is 19.8 Å². The molecule has 0 bridgehead atoms. The maximum absolute atomic E-state index is 11.1. The number of likely N-dealkylation sites (tertiary alicyclic amines) is 1. The minimum Gasteiger partial charge on any atom is -0.497 e. The molecule has 178 valence electrons. The summed E-state index contributed by atoms with van der Waals surface area (Å²) in [5.74, 6) is 0.707.